The summed E-state index contributed by atoms with van der Waals surface area (Å²) < 4.78 is 23.5. The summed E-state index contributed by atoms with van der Waals surface area (Å²) in [6.45, 7) is 6.42. The lowest BCUT2D eigenvalue weighted by Gasteiger charge is -2.42. The van der Waals surface area contributed by atoms with Gasteiger partial charge in [-0.25, -0.2) is 8.42 Å². The summed E-state index contributed by atoms with van der Waals surface area (Å²) in [7, 11) is -1.42. The first-order valence-corrected chi connectivity index (χ1v) is 9.75. The average Bonchev–Trinajstić information content (AvgIpc) is 2.83. The van der Waals surface area contributed by atoms with E-state index in [2.05, 4.69) is 18.7 Å². The topological polar surface area (TPSA) is 83.8 Å². The minimum absolute atomic E-state index is 0.0515. The molecule has 124 valence electrons. The van der Waals surface area contributed by atoms with Crippen molar-refractivity contribution in [3.05, 3.63) is 16.2 Å². The third kappa shape index (κ3) is 3.41. The number of sulfone groups is 1. The molecule has 1 fully saturated rings. The number of nitrogens with zero attached hydrogens (tertiary/aromatic N) is 3. The van der Waals surface area contributed by atoms with Gasteiger partial charge in [-0.05, 0) is 13.0 Å². The van der Waals surface area contributed by atoms with Crippen LogP contribution in [0.5, 0.6) is 0 Å². The fourth-order valence-corrected chi connectivity index (χ4v) is 4.76. The van der Waals surface area contributed by atoms with E-state index in [1.54, 1.807) is 0 Å². The second-order valence-corrected chi connectivity index (χ2v) is 9.33. The molecular formula is C13H21N3O4S2. The Labute approximate surface area is 134 Å². The van der Waals surface area contributed by atoms with E-state index in [1.807, 2.05) is 11.9 Å². The molecule has 0 unspecified atom stereocenters. The van der Waals surface area contributed by atoms with Crippen molar-refractivity contribution in [1.29, 1.82) is 0 Å². The number of hydrogen-bond donors (Lipinski definition) is 0. The third-order valence-corrected chi connectivity index (χ3v) is 6.85. The van der Waals surface area contributed by atoms with E-state index in [-0.39, 0.29) is 15.9 Å². The second-order valence-electron chi connectivity index (χ2n) is 6.05. The van der Waals surface area contributed by atoms with Crippen LogP contribution >= 0.6 is 11.3 Å². The molecule has 0 aromatic carbocycles. The monoisotopic (exact) mass is 347 g/mol. The summed E-state index contributed by atoms with van der Waals surface area (Å²) in [4.78, 5) is 15.0. The molecule has 1 aliphatic rings. The summed E-state index contributed by atoms with van der Waals surface area (Å²) in [6, 6.07) is 1.31. The summed E-state index contributed by atoms with van der Waals surface area (Å²) in [5, 5.41) is 11.8. The van der Waals surface area contributed by atoms with Gasteiger partial charge in [-0.2, -0.15) is 0 Å². The second kappa shape index (κ2) is 6.13. The van der Waals surface area contributed by atoms with Gasteiger partial charge in [0.25, 0.3) is 0 Å². The third-order valence-electron chi connectivity index (χ3n) is 3.89. The number of thiophene rings is 1. The zero-order chi connectivity index (χ0) is 16.7. The first-order chi connectivity index (χ1) is 10.1. The molecule has 0 aliphatic carbocycles. The molecular weight excluding hydrogens is 326 g/mol. The molecule has 1 aliphatic heterocycles. The largest absolute Gasteiger partial charge is 0.352 e. The average molecular weight is 347 g/mol. The van der Waals surface area contributed by atoms with Crippen LogP contribution in [0.15, 0.2) is 10.3 Å². The SMILES string of the molecule is CC(C)[C@H]1CN(C)CCN1c1sc(S(C)(=O)=O)cc1[N+](=O)[O-]. The van der Waals surface area contributed by atoms with Gasteiger partial charge in [0.15, 0.2) is 14.8 Å². The molecule has 0 spiro atoms. The van der Waals surface area contributed by atoms with E-state index in [1.165, 1.54) is 6.07 Å². The van der Waals surface area contributed by atoms with Gasteiger partial charge in [-0.3, -0.25) is 10.1 Å². The van der Waals surface area contributed by atoms with E-state index in [0.29, 0.717) is 17.5 Å². The van der Waals surface area contributed by atoms with Crippen molar-refractivity contribution < 1.29 is 13.3 Å². The highest BCUT2D eigenvalue weighted by Gasteiger charge is 2.34. The highest BCUT2D eigenvalue weighted by molar-refractivity contribution is 7.92. The van der Waals surface area contributed by atoms with E-state index >= 15 is 0 Å². The van der Waals surface area contributed by atoms with E-state index in [4.69, 9.17) is 0 Å². The van der Waals surface area contributed by atoms with Crippen molar-refractivity contribution in [1.82, 2.24) is 4.90 Å². The maximum Gasteiger partial charge on any atom is 0.305 e. The Kier molecular flexibility index (Phi) is 4.78. The number of piperazine rings is 1. The lowest BCUT2D eigenvalue weighted by molar-refractivity contribution is -0.383. The van der Waals surface area contributed by atoms with Crippen LogP contribution in [0.2, 0.25) is 0 Å². The molecule has 9 heteroatoms. The number of likely N-dealkylation sites (N-methyl/N-ethyl adjacent to an activating group) is 1. The van der Waals surface area contributed by atoms with Crippen molar-refractivity contribution in [2.45, 2.75) is 24.1 Å². The van der Waals surface area contributed by atoms with Crippen LogP contribution in [-0.2, 0) is 9.84 Å². The van der Waals surface area contributed by atoms with Crippen molar-refractivity contribution in [2.24, 2.45) is 5.92 Å². The first kappa shape index (κ1) is 17.2. The van der Waals surface area contributed by atoms with Gasteiger partial charge >= 0.3 is 5.69 Å². The van der Waals surface area contributed by atoms with Crippen molar-refractivity contribution in [2.75, 3.05) is 37.8 Å². The summed E-state index contributed by atoms with van der Waals surface area (Å²) in [5.74, 6) is 0.311. The van der Waals surface area contributed by atoms with Gasteiger partial charge in [-0.15, -0.1) is 0 Å². The summed E-state index contributed by atoms with van der Waals surface area (Å²) in [6.07, 6.45) is 1.08. The molecule has 0 saturated carbocycles. The predicted molar refractivity (Wildman–Crippen MR) is 87.6 cm³/mol. The molecule has 0 radical (unpaired) electrons. The smallest absolute Gasteiger partial charge is 0.305 e. The van der Waals surface area contributed by atoms with Gasteiger partial charge in [0.1, 0.15) is 4.21 Å². The fraction of sp³-hybridized carbons (Fsp3) is 0.692. The van der Waals surface area contributed by atoms with Crippen molar-refractivity contribution >= 4 is 31.9 Å². The van der Waals surface area contributed by atoms with Gasteiger partial charge in [0, 0.05) is 38.0 Å². The number of nitro groups is 1. The summed E-state index contributed by atoms with van der Waals surface area (Å²) >= 11 is 1.00. The molecule has 1 aromatic heterocycles. The molecule has 0 amide bonds. The molecule has 1 saturated heterocycles. The van der Waals surface area contributed by atoms with E-state index < -0.39 is 14.8 Å². The maximum atomic E-state index is 11.7. The standard InChI is InChI=1S/C13H21N3O4S2/c1-9(2)11-8-14(3)5-6-15(11)13-10(16(17)18)7-12(21-13)22(4,19)20/h7,9,11H,5-6,8H2,1-4H3/t11-/m1/s1. The first-order valence-electron chi connectivity index (χ1n) is 7.04. The Morgan fingerprint density at radius 1 is 1.41 bits per heavy atom. The Balaban J connectivity index is 2.50. The van der Waals surface area contributed by atoms with Gasteiger partial charge in [0.05, 0.1) is 4.92 Å². The van der Waals surface area contributed by atoms with Gasteiger partial charge in [0.2, 0.25) is 0 Å². The molecule has 22 heavy (non-hydrogen) atoms. The van der Waals surface area contributed by atoms with Gasteiger partial charge in [-0.1, -0.05) is 25.2 Å². The predicted octanol–water partition coefficient (Wildman–Crippen LogP) is 1.84. The number of anilines is 1. The van der Waals surface area contributed by atoms with E-state index in [9.17, 15) is 18.5 Å². The Morgan fingerprint density at radius 2 is 2.05 bits per heavy atom. The van der Waals surface area contributed by atoms with Gasteiger partial charge < -0.3 is 9.80 Å². The zero-order valence-electron chi connectivity index (χ0n) is 13.1. The fourth-order valence-electron chi connectivity index (χ4n) is 2.65. The van der Waals surface area contributed by atoms with E-state index in [0.717, 1.165) is 30.7 Å². The number of hydrogen-bond acceptors (Lipinski definition) is 7. The lowest BCUT2D eigenvalue weighted by atomic mass is 10.00. The minimum atomic E-state index is -3.45. The number of rotatable bonds is 4. The maximum absolute atomic E-state index is 11.7. The van der Waals surface area contributed by atoms with Crippen molar-refractivity contribution in [3.63, 3.8) is 0 Å². The van der Waals surface area contributed by atoms with Crippen LogP contribution in [0, 0.1) is 16.0 Å². The quantitative estimate of drug-likeness (QED) is 0.610. The molecule has 2 rings (SSSR count). The molecule has 0 N–H and O–H groups in total. The highest BCUT2D eigenvalue weighted by atomic mass is 32.2. The molecule has 2 heterocycles. The minimum Gasteiger partial charge on any atom is -0.352 e. The van der Waals surface area contributed by atoms with Crippen LogP contribution < -0.4 is 4.90 Å². The summed E-state index contributed by atoms with van der Waals surface area (Å²) in [5.41, 5.74) is -0.111. The molecule has 0 bridgehead atoms. The zero-order valence-corrected chi connectivity index (χ0v) is 14.8. The molecule has 7 nitrogen and oxygen atoms in total. The molecule has 1 aromatic rings. The Hall–Kier alpha value is -1.19. The van der Waals surface area contributed by atoms with Crippen LogP contribution in [0.1, 0.15) is 13.8 Å². The van der Waals surface area contributed by atoms with Crippen LogP contribution in [0.3, 0.4) is 0 Å². The van der Waals surface area contributed by atoms with Crippen LogP contribution in [0.4, 0.5) is 10.7 Å². The highest BCUT2D eigenvalue weighted by Crippen LogP contribution is 2.42. The normalized spacial score (nSPS) is 20.6. The van der Waals surface area contributed by atoms with Crippen LogP contribution in [-0.4, -0.2) is 57.2 Å². The lowest BCUT2D eigenvalue weighted by Crippen LogP contribution is -2.54. The van der Waals surface area contributed by atoms with Crippen LogP contribution in [0.25, 0.3) is 0 Å². The Morgan fingerprint density at radius 3 is 2.55 bits per heavy atom. The Bertz CT molecular complexity index is 669. The molecule has 1 atom stereocenters. The van der Waals surface area contributed by atoms with Crippen molar-refractivity contribution in [3.8, 4) is 0 Å².